The lowest BCUT2D eigenvalue weighted by Crippen LogP contribution is -2.35. The fraction of sp³-hybridized carbons (Fsp3) is 0.360. The minimum Gasteiger partial charge on any atom is -0.450 e. The summed E-state index contributed by atoms with van der Waals surface area (Å²) in [5, 5.41) is 9.22. The Morgan fingerprint density at radius 3 is 2.74 bits per heavy atom. The van der Waals surface area contributed by atoms with Gasteiger partial charge in [-0.3, -0.25) is 9.48 Å². The number of hydrogen-bond acceptors (Lipinski definition) is 7. The van der Waals surface area contributed by atoms with Crippen molar-refractivity contribution < 1.29 is 14.3 Å². The van der Waals surface area contributed by atoms with Crippen molar-refractivity contribution in [1.82, 2.24) is 19.7 Å². The molecule has 0 bridgehead atoms. The van der Waals surface area contributed by atoms with Crippen LogP contribution < -0.4 is 5.32 Å². The Balaban J connectivity index is 1.54. The number of carbonyl (C=O) groups is 2. The van der Waals surface area contributed by atoms with Gasteiger partial charge in [-0.25, -0.2) is 9.78 Å². The third kappa shape index (κ3) is 4.43. The second-order valence-corrected chi connectivity index (χ2v) is 10.9. The molecule has 0 radical (unpaired) electrons. The lowest BCUT2D eigenvalue weighted by Gasteiger charge is -2.26. The van der Waals surface area contributed by atoms with Gasteiger partial charge >= 0.3 is 6.09 Å². The topological polar surface area (TPSA) is 89.4 Å². The molecule has 0 saturated carbocycles. The number of nitrogens with one attached hydrogen (secondary N) is 1. The van der Waals surface area contributed by atoms with E-state index in [1.54, 1.807) is 23.2 Å². The zero-order valence-electron chi connectivity index (χ0n) is 20.1. The van der Waals surface area contributed by atoms with Crippen LogP contribution in [-0.2, 0) is 17.7 Å². The van der Waals surface area contributed by atoms with Gasteiger partial charge in [0.25, 0.3) is 5.91 Å². The predicted octanol–water partition coefficient (Wildman–Crippen LogP) is 5.88. The van der Waals surface area contributed by atoms with Crippen LogP contribution in [0, 0.1) is 6.92 Å². The van der Waals surface area contributed by atoms with E-state index in [1.165, 1.54) is 11.3 Å². The van der Waals surface area contributed by atoms with Crippen molar-refractivity contribution in [1.29, 1.82) is 0 Å². The maximum absolute atomic E-state index is 13.2. The Morgan fingerprint density at radius 1 is 1.23 bits per heavy atom. The largest absolute Gasteiger partial charge is 0.450 e. The summed E-state index contributed by atoms with van der Waals surface area (Å²) in [5.41, 5.74) is 4.33. The zero-order chi connectivity index (χ0) is 24.7. The van der Waals surface area contributed by atoms with Crippen molar-refractivity contribution >= 4 is 49.9 Å². The quantitative estimate of drug-likeness (QED) is 0.363. The summed E-state index contributed by atoms with van der Waals surface area (Å²) in [6.45, 7) is 9.18. The molecular formula is C25H27N5O3S2. The SMILES string of the molecule is CCOC(=O)N1CCc2c(sc(NC(=O)c3cc(C)n(C(C)C)n3)c2-c2nc3ccccc3s2)C1. The Bertz CT molecular complexity index is 1380. The van der Waals surface area contributed by atoms with E-state index in [4.69, 9.17) is 9.72 Å². The molecular weight excluding hydrogens is 482 g/mol. The fourth-order valence-electron chi connectivity index (χ4n) is 4.36. The van der Waals surface area contributed by atoms with Crippen LogP contribution in [0.3, 0.4) is 0 Å². The highest BCUT2D eigenvalue weighted by molar-refractivity contribution is 7.23. The molecule has 0 fully saturated rings. The first-order valence-electron chi connectivity index (χ1n) is 11.6. The Hall–Kier alpha value is -3.24. The van der Waals surface area contributed by atoms with Gasteiger partial charge in [0, 0.05) is 28.7 Å². The summed E-state index contributed by atoms with van der Waals surface area (Å²) in [5.74, 6) is -0.254. The minimum absolute atomic E-state index is 0.165. The van der Waals surface area contributed by atoms with Crippen LogP contribution in [0.2, 0.25) is 0 Å². The maximum atomic E-state index is 13.2. The Labute approximate surface area is 211 Å². The Kier molecular flexibility index (Phi) is 6.33. The number of benzene rings is 1. The number of thiazole rings is 1. The highest BCUT2D eigenvalue weighted by Crippen LogP contribution is 2.45. The maximum Gasteiger partial charge on any atom is 0.410 e. The molecule has 1 aromatic carbocycles. The molecule has 0 spiro atoms. The van der Waals surface area contributed by atoms with Crippen molar-refractivity contribution in [2.24, 2.45) is 0 Å². The van der Waals surface area contributed by atoms with Gasteiger partial charge < -0.3 is 15.0 Å². The number of fused-ring (bicyclic) bond motifs is 2. The normalized spacial score (nSPS) is 13.3. The molecule has 182 valence electrons. The van der Waals surface area contributed by atoms with E-state index in [-0.39, 0.29) is 18.0 Å². The number of hydrogen-bond donors (Lipinski definition) is 1. The zero-order valence-corrected chi connectivity index (χ0v) is 21.8. The molecule has 5 rings (SSSR count). The number of aryl methyl sites for hydroxylation is 1. The van der Waals surface area contributed by atoms with Crippen LogP contribution in [0.1, 0.15) is 53.4 Å². The predicted molar refractivity (Wildman–Crippen MR) is 139 cm³/mol. The van der Waals surface area contributed by atoms with Crippen LogP contribution in [0.5, 0.6) is 0 Å². The fourth-order valence-corrected chi connectivity index (χ4v) is 6.73. The van der Waals surface area contributed by atoms with Crippen molar-refractivity contribution in [3.8, 4) is 10.6 Å². The number of amides is 2. The van der Waals surface area contributed by atoms with Crippen LogP contribution in [-0.4, -0.2) is 44.8 Å². The van der Waals surface area contributed by atoms with Gasteiger partial charge in [-0.05, 0) is 57.9 Å². The van der Waals surface area contributed by atoms with E-state index in [2.05, 4.69) is 16.5 Å². The molecule has 1 N–H and O–H groups in total. The van der Waals surface area contributed by atoms with Crippen LogP contribution in [0.4, 0.5) is 9.80 Å². The van der Waals surface area contributed by atoms with E-state index in [0.29, 0.717) is 31.8 Å². The second kappa shape index (κ2) is 9.43. The van der Waals surface area contributed by atoms with Crippen LogP contribution in [0.25, 0.3) is 20.8 Å². The summed E-state index contributed by atoms with van der Waals surface area (Å²) in [6, 6.07) is 10.00. The molecule has 1 aliphatic rings. The number of nitrogens with zero attached hydrogens (tertiary/aromatic N) is 4. The molecule has 10 heteroatoms. The molecule has 1 aliphatic heterocycles. The van der Waals surface area contributed by atoms with E-state index >= 15 is 0 Å². The van der Waals surface area contributed by atoms with E-state index < -0.39 is 0 Å². The summed E-state index contributed by atoms with van der Waals surface area (Å²) in [6.07, 6.45) is 0.362. The van der Waals surface area contributed by atoms with Gasteiger partial charge in [0.2, 0.25) is 0 Å². The van der Waals surface area contributed by atoms with E-state index in [1.807, 2.05) is 49.7 Å². The van der Waals surface area contributed by atoms with Crippen molar-refractivity contribution in [2.45, 2.75) is 46.7 Å². The van der Waals surface area contributed by atoms with Crippen LogP contribution in [0.15, 0.2) is 30.3 Å². The molecule has 0 atom stereocenters. The standard InChI is InChI=1S/C25H27N5O3S2/c1-5-33-25(32)29-11-10-16-20(13-29)35-24(21(16)23-26-17-8-6-7-9-19(17)34-23)27-22(31)18-12-15(4)30(28-18)14(2)3/h6-9,12,14H,5,10-11,13H2,1-4H3,(H,27,31). The highest BCUT2D eigenvalue weighted by atomic mass is 32.1. The molecule has 0 unspecified atom stereocenters. The molecule has 0 aliphatic carbocycles. The number of ether oxygens (including phenoxy) is 1. The smallest absolute Gasteiger partial charge is 0.410 e. The summed E-state index contributed by atoms with van der Waals surface area (Å²) >= 11 is 3.11. The van der Waals surface area contributed by atoms with E-state index in [9.17, 15) is 9.59 Å². The molecule has 4 heterocycles. The number of thiophene rings is 1. The lowest BCUT2D eigenvalue weighted by molar-refractivity contribution is 0.101. The molecule has 3 aromatic heterocycles. The van der Waals surface area contributed by atoms with Gasteiger partial charge in [-0.1, -0.05) is 12.1 Å². The monoisotopic (exact) mass is 509 g/mol. The number of aromatic nitrogens is 3. The van der Waals surface area contributed by atoms with Gasteiger partial charge in [0.05, 0.1) is 23.4 Å². The first-order chi connectivity index (χ1) is 16.9. The number of rotatable bonds is 5. The number of carbonyl (C=O) groups excluding carboxylic acids is 2. The molecule has 4 aromatic rings. The Morgan fingerprint density at radius 2 is 2.03 bits per heavy atom. The summed E-state index contributed by atoms with van der Waals surface area (Å²) in [7, 11) is 0. The van der Waals surface area contributed by atoms with Gasteiger partial charge in [0.15, 0.2) is 5.69 Å². The third-order valence-electron chi connectivity index (χ3n) is 5.96. The number of anilines is 1. The minimum atomic E-state index is -0.312. The van der Waals surface area contributed by atoms with Gasteiger partial charge in [-0.2, -0.15) is 5.10 Å². The average molecular weight is 510 g/mol. The van der Waals surface area contributed by atoms with E-state index in [0.717, 1.165) is 41.9 Å². The summed E-state index contributed by atoms with van der Waals surface area (Å²) < 4.78 is 8.15. The lowest BCUT2D eigenvalue weighted by atomic mass is 10.0. The average Bonchev–Trinajstić information content (AvgIpc) is 3.52. The molecule has 0 saturated heterocycles. The number of para-hydroxylation sites is 1. The van der Waals surface area contributed by atoms with Gasteiger partial charge in [0.1, 0.15) is 10.0 Å². The third-order valence-corrected chi connectivity index (χ3v) is 8.15. The van der Waals surface area contributed by atoms with Gasteiger partial charge in [-0.15, -0.1) is 22.7 Å². The van der Waals surface area contributed by atoms with Crippen molar-refractivity contribution in [3.05, 3.63) is 52.2 Å². The first-order valence-corrected chi connectivity index (χ1v) is 13.3. The first kappa shape index (κ1) is 23.5. The molecule has 35 heavy (non-hydrogen) atoms. The highest BCUT2D eigenvalue weighted by Gasteiger charge is 2.30. The molecule has 8 nitrogen and oxygen atoms in total. The molecule has 2 amide bonds. The van der Waals surface area contributed by atoms with Crippen molar-refractivity contribution in [3.63, 3.8) is 0 Å². The van der Waals surface area contributed by atoms with Crippen molar-refractivity contribution in [2.75, 3.05) is 18.5 Å². The van der Waals surface area contributed by atoms with Crippen LogP contribution >= 0.6 is 22.7 Å². The second-order valence-electron chi connectivity index (χ2n) is 8.73. The summed E-state index contributed by atoms with van der Waals surface area (Å²) in [4.78, 5) is 33.2.